The van der Waals surface area contributed by atoms with Gasteiger partial charge in [-0.2, -0.15) is 0 Å². The highest BCUT2D eigenvalue weighted by molar-refractivity contribution is 5.67. The highest BCUT2D eigenvalue weighted by Crippen LogP contribution is 1.99. The summed E-state index contributed by atoms with van der Waals surface area (Å²) in [7, 11) is 2.03. The molecule has 0 aromatic heterocycles. The molecule has 0 fully saturated rings. The number of likely N-dealkylation sites (N-methyl/N-ethyl adjacent to an activating group) is 1. The molecule has 1 aliphatic heterocycles. The second kappa shape index (κ2) is 3.96. The number of nitrogens with zero attached hydrogens (tertiary/aromatic N) is 1. The van der Waals surface area contributed by atoms with Crippen molar-refractivity contribution in [1.29, 1.82) is 0 Å². The van der Waals surface area contributed by atoms with Crippen LogP contribution in [0.25, 0.3) is 0 Å². The van der Waals surface area contributed by atoms with Crippen molar-refractivity contribution in [2.75, 3.05) is 20.2 Å². The number of rotatable bonds is 2. The molecule has 0 bridgehead atoms. The van der Waals surface area contributed by atoms with Gasteiger partial charge >= 0.3 is 0 Å². The summed E-state index contributed by atoms with van der Waals surface area (Å²) in [6.07, 6.45) is 8.03. The minimum absolute atomic E-state index is 0.744. The molecule has 0 aliphatic carbocycles. The molecule has 0 spiro atoms. The van der Waals surface area contributed by atoms with E-state index in [0.717, 1.165) is 18.9 Å². The van der Waals surface area contributed by atoms with Crippen molar-refractivity contribution in [3.63, 3.8) is 0 Å². The first kappa shape index (κ1) is 8.05. The van der Waals surface area contributed by atoms with Crippen LogP contribution in [0.1, 0.15) is 6.92 Å². The summed E-state index contributed by atoms with van der Waals surface area (Å²) in [6.45, 7) is 3.60. The van der Waals surface area contributed by atoms with Gasteiger partial charge in [-0.25, -0.2) is 4.58 Å². The molecule has 1 heterocycles. The Balaban J connectivity index is 2.61. The molecule has 0 unspecified atom stereocenters. The van der Waals surface area contributed by atoms with Crippen LogP contribution in [0.2, 0.25) is 0 Å². The molecule has 2 heteroatoms. The second-order valence-corrected chi connectivity index (χ2v) is 2.52. The topological polar surface area (TPSA) is 12.2 Å². The fourth-order valence-corrected chi connectivity index (χ4v) is 0.990. The van der Waals surface area contributed by atoms with Crippen LogP contribution in [0.4, 0.5) is 0 Å². The van der Waals surface area contributed by atoms with Crippen molar-refractivity contribution in [3.8, 4) is 0 Å². The van der Waals surface area contributed by atoms with E-state index in [1.54, 1.807) is 0 Å². The van der Waals surface area contributed by atoms with Crippen LogP contribution in [-0.2, 0) is 4.74 Å². The van der Waals surface area contributed by atoms with Crippen molar-refractivity contribution < 1.29 is 9.31 Å². The summed E-state index contributed by atoms with van der Waals surface area (Å²) < 4.78 is 7.47. The molecule has 0 aromatic carbocycles. The van der Waals surface area contributed by atoms with Crippen LogP contribution in [0.3, 0.4) is 0 Å². The zero-order valence-corrected chi connectivity index (χ0v) is 7.08. The molecule has 0 aromatic rings. The number of hydrogen-bond donors (Lipinski definition) is 0. The first-order valence-corrected chi connectivity index (χ1v) is 3.86. The monoisotopic (exact) mass is 152 g/mol. The van der Waals surface area contributed by atoms with Crippen molar-refractivity contribution in [2.45, 2.75) is 6.92 Å². The van der Waals surface area contributed by atoms with Gasteiger partial charge in [0.1, 0.15) is 7.05 Å². The lowest BCUT2D eigenvalue weighted by molar-refractivity contribution is -0.486. The van der Waals surface area contributed by atoms with Gasteiger partial charge in [0.25, 0.3) is 0 Å². The molecule has 11 heavy (non-hydrogen) atoms. The summed E-state index contributed by atoms with van der Waals surface area (Å²) in [4.78, 5) is 0. The zero-order valence-electron chi connectivity index (χ0n) is 7.08. The maximum Gasteiger partial charge on any atom is 0.199 e. The largest absolute Gasteiger partial charge is 0.492 e. The van der Waals surface area contributed by atoms with Gasteiger partial charge in [-0.3, -0.25) is 0 Å². The highest BCUT2D eigenvalue weighted by Gasteiger charge is 2.04. The first-order chi connectivity index (χ1) is 5.33. The summed E-state index contributed by atoms with van der Waals surface area (Å²) in [5.74, 6) is 1.03. The van der Waals surface area contributed by atoms with E-state index in [-0.39, 0.29) is 0 Å². The van der Waals surface area contributed by atoms with E-state index in [9.17, 15) is 0 Å². The molecule has 0 saturated heterocycles. The fraction of sp³-hybridized carbons (Fsp3) is 0.444. The summed E-state index contributed by atoms with van der Waals surface area (Å²) in [5, 5.41) is 0. The minimum Gasteiger partial charge on any atom is -0.492 e. The average Bonchev–Trinajstić information content (AvgIpc) is 2.15. The van der Waals surface area contributed by atoms with Crippen molar-refractivity contribution in [1.82, 2.24) is 0 Å². The van der Waals surface area contributed by atoms with Gasteiger partial charge in [0.2, 0.25) is 0 Å². The molecular formula is C9H14NO+. The Hall–Kier alpha value is -1.05. The minimum atomic E-state index is 0.744. The third-order valence-electron chi connectivity index (χ3n) is 1.47. The Morgan fingerprint density at radius 1 is 1.55 bits per heavy atom. The van der Waals surface area contributed by atoms with Crippen molar-refractivity contribution >= 4 is 6.21 Å². The second-order valence-electron chi connectivity index (χ2n) is 2.52. The molecule has 0 amide bonds. The van der Waals surface area contributed by atoms with Crippen LogP contribution in [0, 0.1) is 0 Å². The fourth-order valence-electron chi connectivity index (χ4n) is 0.990. The molecule has 60 valence electrons. The maximum absolute atomic E-state index is 5.38. The molecular weight excluding hydrogens is 138 g/mol. The Bertz CT molecular complexity index is 214. The van der Waals surface area contributed by atoms with E-state index in [1.165, 1.54) is 0 Å². The first-order valence-electron chi connectivity index (χ1n) is 3.86. The Kier molecular flexibility index (Phi) is 2.90. The van der Waals surface area contributed by atoms with E-state index in [2.05, 4.69) is 4.58 Å². The average molecular weight is 152 g/mol. The lowest BCUT2D eigenvalue weighted by Crippen LogP contribution is -2.11. The number of hydrogen-bond acceptors (Lipinski definition) is 1. The van der Waals surface area contributed by atoms with Crippen LogP contribution in [-0.4, -0.2) is 31.0 Å². The van der Waals surface area contributed by atoms with Gasteiger partial charge in [-0.15, -0.1) is 0 Å². The lowest BCUT2D eigenvalue weighted by atomic mass is 10.4. The van der Waals surface area contributed by atoms with Gasteiger partial charge in [0.05, 0.1) is 6.61 Å². The van der Waals surface area contributed by atoms with E-state index < -0.39 is 0 Å². The van der Waals surface area contributed by atoms with Gasteiger partial charge in [0.15, 0.2) is 18.5 Å². The third kappa shape index (κ3) is 2.58. The summed E-state index contributed by atoms with van der Waals surface area (Å²) >= 11 is 0. The Morgan fingerprint density at radius 2 is 2.36 bits per heavy atom. The summed E-state index contributed by atoms with van der Waals surface area (Å²) in [5.41, 5.74) is 0. The molecule has 0 atom stereocenters. The van der Waals surface area contributed by atoms with E-state index in [0.29, 0.717) is 0 Å². The Morgan fingerprint density at radius 3 is 3.09 bits per heavy atom. The zero-order chi connectivity index (χ0) is 8.10. The van der Waals surface area contributed by atoms with Gasteiger partial charge in [0, 0.05) is 6.08 Å². The molecule has 0 radical (unpaired) electrons. The smallest absolute Gasteiger partial charge is 0.199 e. The van der Waals surface area contributed by atoms with E-state index in [4.69, 9.17) is 4.74 Å². The predicted molar refractivity (Wildman–Crippen MR) is 46.0 cm³/mol. The molecule has 1 rings (SSSR count). The maximum atomic E-state index is 5.38. The van der Waals surface area contributed by atoms with Crippen molar-refractivity contribution in [2.24, 2.45) is 0 Å². The van der Waals surface area contributed by atoms with E-state index >= 15 is 0 Å². The quantitative estimate of drug-likeness (QED) is 0.541. The standard InChI is InChI=1S/C9H14NO/c1-3-11-9-6-4-5-7-10(2)8-9/h4-7H,3,8H2,1-2H3/q+1. The van der Waals surface area contributed by atoms with Crippen LogP contribution in [0.5, 0.6) is 0 Å². The van der Waals surface area contributed by atoms with Gasteiger partial charge in [-0.05, 0) is 13.0 Å². The lowest BCUT2D eigenvalue weighted by Gasteiger charge is -2.03. The highest BCUT2D eigenvalue weighted by atomic mass is 16.5. The normalized spacial score (nSPS) is 16.9. The van der Waals surface area contributed by atoms with Crippen LogP contribution >= 0.6 is 0 Å². The summed E-state index contributed by atoms with van der Waals surface area (Å²) in [6, 6.07) is 0. The van der Waals surface area contributed by atoms with E-state index in [1.807, 2.05) is 38.4 Å². The number of allylic oxidation sites excluding steroid dienone is 3. The third-order valence-corrected chi connectivity index (χ3v) is 1.47. The van der Waals surface area contributed by atoms with Crippen LogP contribution < -0.4 is 0 Å². The molecule has 2 nitrogen and oxygen atoms in total. The van der Waals surface area contributed by atoms with Gasteiger partial charge in [-0.1, -0.05) is 6.08 Å². The van der Waals surface area contributed by atoms with Gasteiger partial charge < -0.3 is 4.74 Å². The SMILES string of the molecule is CCOC1=CC=CC=[N+](C)C1. The molecule has 0 N–H and O–H groups in total. The molecule has 1 aliphatic rings. The Labute approximate surface area is 67.5 Å². The predicted octanol–water partition coefficient (Wildman–Crippen LogP) is 1.19. The van der Waals surface area contributed by atoms with Crippen LogP contribution in [0.15, 0.2) is 24.0 Å². The molecule has 0 saturated carbocycles. The van der Waals surface area contributed by atoms with Crippen molar-refractivity contribution in [3.05, 3.63) is 24.0 Å². The number of ether oxygens (including phenoxy) is 1.